The number of hydrogen-bond donors (Lipinski definition) is 1. The zero-order valence-electron chi connectivity index (χ0n) is 7.44. The Kier molecular flexibility index (Phi) is 2.07. The van der Waals surface area contributed by atoms with E-state index in [1.807, 2.05) is 24.3 Å². The molecule has 0 amide bonds. The number of benzene rings is 2. The summed E-state index contributed by atoms with van der Waals surface area (Å²) in [6.45, 7) is 0.375. The Morgan fingerprint density at radius 3 is 2.43 bits per heavy atom. The highest BCUT2D eigenvalue weighted by molar-refractivity contribution is 5.88. The largest absolute Gasteiger partial charge is 0.427 e. The SMILES string of the molecule is Nc1cc2ccccc2cc1OC=O. The van der Waals surface area contributed by atoms with E-state index in [-0.39, 0.29) is 0 Å². The van der Waals surface area contributed by atoms with Gasteiger partial charge < -0.3 is 10.5 Å². The summed E-state index contributed by atoms with van der Waals surface area (Å²) in [6, 6.07) is 11.3. The van der Waals surface area contributed by atoms with Gasteiger partial charge in [0.1, 0.15) is 0 Å². The number of anilines is 1. The monoisotopic (exact) mass is 187 g/mol. The fourth-order valence-electron chi connectivity index (χ4n) is 1.39. The van der Waals surface area contributed by atoms with Gasteiger partial charge in [0.05, 0.1) is 5.69 Å². The van der Waals surface area contributed by atoms with Gasteiger partial charge in [-0.3, -0.25) is 4.79 Å². The Labute approximate surface area is 81.1 Å². The highest BCUT2D eigenvalue weighted by Gasteiger charge is 2.01. The van der Waals surface area contributed by atoms with E-state index < -0.39 is 0 Å². The molecule has 0 saturated carbocycles. The number of rotatable bonds is 2. The molecule has 0 bridgehead atoms. The molecule has 0 unspecified atom stereocenters. The zero-order valence-corrected chi connectivity index (χ0v) is 7.44. The molecule has 14 heavy (non-hydrogen) atoms. The van der Waals surface area contributed by atoms with Crippen molar-refractivity contribution in [3.8, 4) is 5.75 Å². The van der Waals surface area contributed by atoms with Crippen LogP contribution in [0.2, 0.25) is 0 Å². The van der Waals surface area contributed by atoms with Crippen LogP contribution < -0.4 is 10.5 Å². The van der Waals surface area contributed by atoms with Gasteiger partial charge in [0, 0.05) is 0 Å². The third kappa shape index (κ3) is 1.40. The first-order valence-corrected chi connectivity index (χ1v) is 4.20. The molecule has 2 N–H and O–H groups in total. The lowest BCUT2D eigenvalue weighted by Crippen LogP contribution is -1.94. The molecular weight excluding hydrogens is 178 g/mol. The van der Waals surface area contributed by atoms with Crippen LogP contribution in [0.25, 0.3) is 10.8 Å². The van der Waals surface area contributed by atoms with E-state index in [2.05, 4.69) is 0 Å². The van der Waals surface area contributed by atoms with Crippen LogP contribution in [-0.2, 0) is 4.79 Å². The van der Waals surface area contributed by atoms with Crippen LogP contribution >= 0.6 is 0 Å². The number of fused-ring (bicyclic) bond motifs is 1. The van der Waals surface area contributed by atoms with E-state index >= 15 is 0 Å². The van der Waals surface area contributed by atoms with Crippen molar-refractivity contribution in [3.05, 3.63) is 36.4 Å². The first-order valence-electron chi connectivity index (χ1n) is 4.20. The van der Waals surface area contributed by atoms with E-state index in [1.54, 1.807) is 12.1 Å². The summed E-state index contributed by atoms with van der Waals surface area (Å²) >= 11 is 0. The maximum atomic E-state index is 10.2. The lowest BCUT2D eigenvalue weighted by atomic mass is 10.1. The Morgan fingerprint density at radius 2 is 1.79 bits per heavy atom. The van der Waals surface area contributed by atoms with Gasteiger partial charge in [0.25, 0.3) is 6.47 Å². The van der Waals surface area contributed by atoms with E-state index in [0.717, 1.165) is 10.8 Å². The van der Waals surface area contributed by atoms with Crippen molar-refractivity contribution < 1.29 is 9.53 Å². The molecule has 0 atom stereocenters. The van der Waals surface area contributed by atoms with Crippen LogP contribution in [0.3, 0.4) is 0 Å². The summed E-state index contributed by atoms with van der Waals surface area (Å²) in [5.41, 5.74) is 6.16. The van der Waals surface area contributed by atoms with Crippen LogP contribution in [0.1, 0.15) is 0 Å². The number of hydrogen-bond acceptors (Lipinski definition) is 3. The van der Waals surface area contributed by atoms with Gasteiger partial charge in [-0.2, -0.15) is 0 Å². The van der Waals surface area contributed by atoms with Gasteiger partial charge in [0.2, 0.25) is 0 Å². The van der Waals surface area contributed by atoms with Crippen molar-refractivity contribution in [1.29, 1.82) is 0 Å². The first kappa shape index (κ1) is 8.56. The maximum absolute atomic E-state index is 10.2. The van der Waals surface area contributed by atoms with E-state index in [1.165, 1.54) is 0 Å². The van der Waals surface area contributed by atoms with Gasteiger partial charge >= 0.3 is 0 Å². The van der Waals surface area contributed by atoms with Crippen LogP contribution in [-0.4, -0.2) is 6.47 Å². The van der Waals surface area contributed by atoms with Crippen molar-refractivity contribution in [1.82, 2.24) is 0 Å². The molecule has 0 aliphatic carbocycles. The second-order valence-corrected chi connectivity index (χ2v) is 2.95. The van der Waals surface area contributed by atoms with Crippen LogP contribution in [0, 0.1) is 0 Å². The molecule has 2 rings (SSSR count). The summed E-state index contributed by atoms with van der Waals surface area (Å²) in [5, 5.41) is 2.03. The Bertz CT molecular complexity index is 480. The Balaban J connectivity index is 2.64. The van der Waals surface area contributed by atoms with Gasteiger partial charge in [-0.1, -0.05) is 24.3 Å². The molecule has 2 aromatic carbocycles. The molecule has 2 aromatic rings. The minimum atomic E-state index is 0.375. The molecule has 0 aromatic heterocycles. The Morgan fingerprint density at radius 1 is 1.14 bits per heavy atom. The third-order valence-electron chi connectivity index (χ3n) is 2.05. The Hall–Kier alpha value is -2.03. The minimum Gasteiger partial charge on any atom is -0.427 e. The van der Waals surface area contributed by atoms with Gasteiger partial charge in [-0.15, -0.1) is 0 Å². The highest BCUT2D eigenvalue weighted by atomic mass is 16.5. The lowest BCUT2D eigenvalue weighted by Gasteiger charge is -2.04. The average molecular weight is 187 g/mol. The average Bonchev–Trinajstić information content (AvgIpc) is 2.19. The highest BCUT2D eigenvalue weighted by Crippen LogP contribution is 2.27. The summed E-state index contributed by atoms with van der Waals surface area (Å²) in [5.74, 6) is 0.402. The van der Waals surface area contributed by atoms with Crippen molar-refractivity contribution in [3.63, 3.8) is 0 Å². The quantitative estimate of drug-likeness (QED) is 0.577. The van der Waals surface area contributed by atoms with Crippen LogP contribution in [0.4, 0.5) is 5.69 Å². The summed E-state index contributed by atoms with van der Waals surface area (Å²) < 4.78 is 4.74. The normalized spacial score (nSPS) is 10.0. The summed E-state index contributed by atoms with van der Waals surface area (Å²) in [7, 11) is 0. The van der Waals surface area contributed by atoms with Crippen LogP contribution in [0.15, 0.2) is 36.4 Å². The predicted octanol–water partition coefficient (Wildman–Crippen LogP) is 1.96. The first-order chi connectivity index (χ1) is 6.81. The number of nitrogens with two attached hydrogens (primary N) is 1. The maximum Gasteiger partial charge on any atom is 0.298 e. The molecule has 0 heterocycles. The number of ether oxygens (including phenoxy) is 1. The topological polar surface area (TPSA) is 52.3 Å². The fourth-order valence-corrected chi connectivity index (χ4v) is 1.39. The molecular formula is C11H9NO2. The summed E-state index contributed by atoms with van der Waals surface area (Å²) in [6.07, 6.45) is 0. The molecule has 0 saturated heterocycles. The van der Waals surface area contributed by atoms with Gasteiger partial charge in [-0.05, 0) is 22.9 Å². The summed E-state index contributed by atoms with van der Waals surface area (Å²) in [4.78, 5) is 10.2. The molecule has 3 nitrogen and oxygen atoms in total. The number of carbonyl (C=O) groups is 1. The molecule has 3 heteroatoms. The van der Waals surface area contributed by atoms with Gasteiger partial charge in [-0.25, -0.2) is 0 Å². The molecule has 0 radical (unpaired) electrons. The molecule has 70 valence electrons. The second kappa shape index (κ2) is 3.38. The van der Waals surface area contributed by atoms with Crippen molar-refractivity contribution in [2.24, 2.45) is 0 Å². The molecule has 0 spiro atoms. The van der Waals surface area contributed by atoms with Gasteiger partial charge in [0.15, 0.2) is 5.75 Å². The standard InChI is InChI=1S/C11H9NO2/c12-10-5-8-3-1-2-4-9(8)6-11(10)14-7-13/h1-7H,12H2. The zero-order chi connectivity index (χ0) is 9.97. The second-order valence-electron chi connectivity index (χ2n) is 2.95. The molecule has 0 aliphatic rings. The minimum absolute atomic E-state index is 0.375. The predicted molar refractivity (Wildman–Crippen MR) is 55.1 cm³/mol. The van der Waals surface area contributed by atoms with Crippen molar-refractivity contribution in [2.75, 3.05) is 5.73 Å². The molecule has 0 fully saturated rings. The van der Waals surface area contributed by atoms with Crippen molar-refractivity contribution >= 4 is 22.9 Å². The van der Waals surface area contributed by atoms with E-state index in [9.17, 15) is 4.79 Å². The third-order valence-corrected chi connectivity index (χ3v) is 2.05. The molecule has 0 aliphatic heterocycles. The number of carbonyl (C=O) groups excluding carboxylic acids is 1. The number of nitrogen functional groups attached to an aromatic ring is 1. The fraction of sp³-hybridized carbons (Fsp3) is 0. The smallest absolute Gasteiger partial charge is 0.298 e. The van der Waals surface area contributed by atoms with E-state index in [0.29, 0.717) is 17.9 Å². The lowest BCUT2D eigenvalue weighted by molar-refractivity contribution is -0.120. The van der Waals surface area contributed by atoms with E-state index in [4.69, 9.17) is 10.5 Å². The van der Waals surface area contributed by atoms with Crippen molar-refractivity contribution in [2.45, 2.75) is 0 Å². The van der Waals surface area contributed by atoms with Crippen LogP contribution in [0.5, 0.6) is 5.75 Å².